The fourth-order valence-electron chi connectivity index (χ4n) is 1.60. The highest BCUT2D eigenvalue weighted by molar-refractivity contribution is 7.99. The van der Waals surface area contributed by atoms with Crippen molar-refractivity contribution in [3.63, 3.8) is 0 Å². The molecule has 1 heterocycles. The highest BCUT2D eigenvalue weighted by atomic mass is 32.2. The first-order chi connectivity index (χ1) is 9.77. The van der Waals surface area contributed by atoms with Crippen LogP contribution in [0, 0.1) is 0 Å². The molecule has 0 saturated carbocycles. The molecule has 2 aromatic rings. The summed E-state index contributed by atoms with van der Waals surface area (Å²) in [5, 5.41) is 13.3. The lowest BCUT2D eigenvalue weighted by atomic mass is 10.2. The van der Waals surface area contributed by atoms with E-state index in [-0.39, 0.29) is 10.6 Å². The first-order valence-corrected chi connectivity index (χ1v) is 8.71. The van der Waals surface area contributed by atoms with Gasteiger partial charge in [-0.3, -0.25) is 4.79 Å². The molecule has 0 aliphatic heterocycles. The van der Waals surface area contributed by atoms with Gasteiger partial charge in [-0.1, -0.05) is 11.8 Å². The van der Waals surface area contributed by atoms with Crippen LogP contribution in [0.5, 0.6) is 0 Å². The Balaban J connectivity index is 2.26. The Morgan fingerprint density at radius 2 is 1.95 bits per heavy atom. The van der Waals surface area contributed by atoms with Crippen LogP contribution in [-0.4, -0.2) is 46.3 Å². The molecule has 0 atom stereocenters. The predicted octanol–water partition coefficient (Wildman–Crippen LogP) is 1.06. The molecular formula is C12H13N3O4S2. The number of thioether (sulfide) groups is 1. The molecule has 0 saturated heterocycles. The van der Waals surface area contributed by atoms with Crippen molar-refractivity contribution in [3.05, 3.63) is 24.3 Å². The lowest BCUT2D eigenvalue weighted by Crippen LogP contribution is -2.00. The Hall–Kier alpha value is -1.87. The summed E-state index contributed by atoms with van der Waals surface area (Å²) in [6.45, 7) is 0. The number of aryl methyl sites for hydroxylation is 1. The molecule has 7 nitrogen and oxygen atoms in total. The number of carboxylic acids is 1. The van der Waals surface area contributed by atoms with Crippen molar-refractivity contribution >= 4 is 27.6 Å². The fraction of sp³-hybridized carbons (Fsp3) is 0.250. The van der Waals surface area contributed by atoms with Crippen LogP contribution >= 0.6 is 11.8 Å². The van der Waals surface area contributed by atoms with E-state index in [1.807, 2.05) is 0 Å². The van der Waals surface area contributed by atoms with E-state index in [9.17, 15) is 13.2 Å². The van der Waals surface area contributed by atoms with Crippen molar-refractivity contribution in [1.82, 2.24) is 14.8 Å². The van der Waals surface area contributed by atoms with E-state index in [1.54, 1.807) is 19.2 Å². The number of carbonyl (C=O) groups is 1. The summed E-state index contributed by atoms with van der Waals surface area (Å²) in [7, 11) is -1.57. The van der Waals surface area contributed by atoms with E-state index < -0.39 is 15.8 Å². The number of hydrogen-bond acceptors (Lipinski definition) is 6. The molecule has 1 aromatic heterocycles. The zero-order valence-corrected chi connectivity index (χ0v) is 13.0. The SMILES string of the molecule is Cn1nc(-c2ccc(S(C)(=O)=O)cc2)nc1SCC(=O)O. The third kappa shape index (κ3) is 3.82. The van der Waals surface area contributed by atoms with E-state index in [0.29, 0.717) is 16.5 Å². The normalized spacial score (nSPS) is 11.5. The number of aliphatic carboxylic acids is 1. The Morgan fingerprint density at radius 3 is 2.48 bits per heavy atom. The van der Waals surface area contributed by atoms with Crippen molar-refractivity contribution in [2.45, 2.75) is 10.1 Å². The van der Waals surface area contributed by atoms with Crippen LogP contribution in [0.3, 0.4) is 0 Å². The first-order valence-electron chi connectivity index (χ1n) is 5.83. The molecule has 112 valence electrons. The third-order valence-electron chi connectivity index (χ3n) is 2.59. The van der Waals surface area contributed by atoms with Gasteiger partial charge in [0.2, 0.25) is 0 Å². The van der Waals surface area contributed by atoms with Gasteiger partial charge in [-0.2, -0.15) is 5.10 Å². The van der Waals surface area contributed by atoms with Gasteiger partial charge in [0.15, 0.2) is 20.8 Å². The number of hydrogen-bond donors (Lipinski definition) is 1. The van der Waals surface area contributed by atoms with Crippen molar-refractivity contribution in [2.24, 2.45) is 7.05 Å². The van der Waals surface area contributed by atoms with Crippen LogP contribution in [-0.2, 0) is 21.7 Å². The lowest BCUT2D eigenvalue weighted by molar-refractivity contribution is -0.133. The maximum atomic E-state index is 11.4. The minimum Gasteiger partial charge on any atom is -0.481 e. The lowest BCUT2D eigenvalue weighted by Gasteiger charge is -1.99. The molecule has 21 heavy (non-hydrogen) atoms. The molecule has 1 aromatic carbocycles. The predicted molar refractivity (Wildman–Crippen MR) is 77.9 cm³/mol. The highest BCUT2D eigenvalue weighted by Gasteiger charge is 2.12. The Morgan fingerprint density at radius 1 is 1.33 bits per heavy atom. The molecule has 0 amide bonds. The molecule has 0 radical (unpaired) electrons. The van der Waals surface area contributed by atoms with Crippen molar-refractivity contribution in [3.8, 4) is 11.4 Å². The molecule has 0 fully saturated rings. The second kappa shape index (κ2) is 5.86. The number of rotatable bonds is 5. The van der Waals surface area contributed by atoms with Crippen molar-refractivity contribution in [1.29, 1.82) is 0 Å². The van der Waals surface area contributed by atoms with Crippen molar-refractivity contribution in [2.75, 3.05) is 12.0 Å². The van der Waals surface area contributed by atoms with Crippen molar-refractivity contribution < 1.29 is 18.3 Å². The van der Waals surface area contributed by atoms with Gasteiger partial charge in [-0.05, 0) is 24.3 Å². The Labute approximate surface area is 125 Å². The summed E-state index contributed by atoms with van der Waals surface area (Å²) in [4.78, 5) is 15.0. The smallest absolute Gasteiger partial charge is 0.313 e. The minimum atomic E-state index is -3.24. The standard InChI is InChI=1S/C12H13N3O4S2/c1-15-12(20-7-10(16)17)13-11(14-15)8-3-5-9(6-4-8)21(2,18)19/h3-6H,7H2,1-2H3,(H,16,17). The van der Waals surface area contributed by atoms with Gasteiger partial charge in [0.1, 0.15) is 0 Å². The van der Waals surface area contributed by atoms with Crippen LogP contribution in [0.15, 0.2) is 34.3 Å². The summed E-state index contributed by atoms with van der Waals surface area (Å²) >= 11 is 1.07. The topological polar surface area (TPSA) is 102 Å². The van der Waals surface area contributed by atoms with Gasteiger partial charge >= 0.3 is 5.97 Å². The first kappa shape index (κ1) is 15.5. The molecule has 0 unspecified atom stereocenters. The molecule has 0 bridgehead atoms. The van der Waals surface area contributed by atoms with E-state index in [2.05, 4.69) is 10.1 Å². The summed E-state index contributed by atoms with van der Waals surface area (Å²) in [5.41, 5.74) is 0.667. The number of sulfone groups is 1. The average Bonchev–Trinajstić information content (AvgIpc) is 2.77. The average molecular weight is 327 g/mol. The zero-order chi connectivity index (χ0) is 15.6. The van der Waals surface area contributed by atoms with E-state index in [1.165, 1.54) is 16.8 Å². The van der Waals surface area contributed by atoms with Crippen LogP contribution in [0.25, 0.3) is 11.4 Å². The summed E-state index contributed by atoms with van der Waals surface area (Å²) in [5.74, 6) is -0.605. The third-order valence-corrected chi connectivity index (χ3v) is 4.72. The monoisotopic (exact) mass is 327 g/mol. The number of aromatic nitrogens is 3. The van der Waals surface area contributed by atoms with Gasteiger partial charge in [0, 0.05) is 18.9 Å². The summed E-state index contributed by atoms with van der Waals surface area (Å²) in [6.07, 6.45) is 1.14. The fourth-order valence-corrected chi connectivity index (χ4v) is 2.86. The highest BCUT2D eigenvalue weighted by Crippen LogP contribution is 2.22. The maximum absolute atomic E-state index is 11.4. The maximum Gasteiger partial charge on any atom is 0.313 e. The van der Waals surface area contributed by atoms with Crippen LogP contribution in [0.4, 0.5) is 0 Å². The van der Waals surface area contributed by atoms with E-state index in [4.69, 9.17) is 5.11 Å². The summed E-state index contributed by atoms with van der Waals surface area (Å²) < 4.78 is 24.3. The largest absolute Gasteiger partial charge is 0.481 e. The van der Waals surface area contributed by atoms with Gasteiger partial charge < -0.3 is 5.11 Å². The molecule has 0 aliphatic carbocycles. The molecule has 2 rings (SSSR count). The quantitative estimate of drug-likeness (QED) is 0.819. The Kier molecular flexibility index (Phi) is 4.33. The molecular weight excluding hydrogens is 314 g/mol. The number of nitrogens with zero attached hydrogens (tertiary/aromatic N) is 3. The van der Waals surface area contributed by atoms with Gasteiger partial charge in [0.25, 0.3) is 0 Å². The second-order valence-electron chi connectivity index (χ2n) is 4.32. The van der Waals surface area contributed by atoms with Crippen LogP contribution < -0.4 is 0 Å². The summed E-state index contributed by atoms with van der Waals surface area (Å²) in [6, 6.07) is 6.23. The van der Waals surface area contributed by atoms with Crippen LogP contribution in [0.1, 0.15) is 0 Å². The van der Waals surface area contributed by atoms with E-state index in [0.717, 1.165) is 18.0 Å². The molecule has 0 spiro atoms. The molecule has 0 aliphatic rings. The molecule has 1 N–H and O–H groups in total. The number of benzene rings is 1. The zero-order valence-electron chi connectivity index (χ0n) is 11.3. The second-order valence-corrected chi connectivity index (χ2v) is 7.28. The van der Waals surface area contributed by atoms with Gasteiger partial charge in [0.05, 0.1) is 10.6 Å². The Bertz CT molecular complexity index is 766. The number of carboxylic acid groups (broad SMARTS) is 1. The van der Waals surface area contributed by atoms with Gasteiger partial charge in [-0.15, -0.1) is 0 Å². The van der Waals surface area contributed by atoms with Crippen LogP contribution in [0.2, 0.25) is 0 Å². The minimum absolute atomic E-state index is 0.0982. The van der Waals surface area contributed by atoms with E-state index >= 15 is 0 Å². The molecule has 9 heteroatoms. The van der Waals surface area contributed by atoms with Gasteiger partial charge in [-0.25, -0.2) is 18.1 Å².